The fourth-order valence-corrected chi connectivity index (χ4v) is 2.87. The molecule has 8 heteroatoms. The van der Waals surface area contributed by atoms with Gasteiger partial charge in [0.2, 0.25) is 0 Å². The highest BCUT2D eigenvalue weighted by Gasteiger charge is 2.23. The second-order valence-corrected chi connectivity index (χ2v) is 5.78. The topological polar surface area (TPSA) is 78.4 Å². The molecule has 21 heavy (non-hydrogen) atoms. The number of hydrogen-bond acceptors (Lipinski definition) is 3. The molecule has 0 saturated heterocycles. The van der Waals surface area contributed by atoms with E-state index in [1.165, 1.54) is 11.3 Å². The first-order chi connectivity index (χ1) is 9.99. The van der Waals surface area contributed by atoms with Gasteiger partial charge in [0.15, 0.2) is 6.04 Å². The van der Waals surface area contributed by atoms with E-state index in [0.717, 1.165) is 0 Å². The van der Waals surface area contributed by atoms with E-state index in [2.05, 4.69) is 10.6 Å². The molecule has 1 heterocycles. The Kier molecular flexibility index (Phi) is 5.06. The number of carbonyl (C=O) groups excluding carboxylic acids is 1. The van der Waals surface area contributed by atoms with E-state index < -0.39 is 18.0 Å². The minimum absolute atomic E-state index is 0.230. The third-order valence-corrected chi connectivity index (χ3v) is 4.12. The van der Waals surface area contributed by atoms with Gasteiger partial charge in [-0.15, -0.1) is 11.3 Å². The second-order valence-electron chi connectivity index (χ2n) is 3.98. The zero-order valence-corrected chi connectivity index (χ0v) is 12.8. The average Bonchev–Trinajstić information content (AvgIpc) is 2.94. The van der Waals surface area contributed by atoms with Crippen LogP contribution in [0.4, 0.5) is 10.5 Å². The number of benzene rings is 1. The van der Waals surface area contributed by atoms with Crippen LogP contribution >= 0.6 is 34.5 Å². The van der Waals surface area contributed by atoms with Crippen molar-refractivity contribution in [3.05, 3.63) is 50.6 Å². The van der Waals surface area contributed by atoms with Crippen molar-refractivity contribution >= 4 is 52.2 Å². The summed E-state index contributed by atoms with van der Waals surface area (Å²) in [6.45, 7) is 0. The van der Waals surface area contributed by atoms with Crippen LogP contribution in [0.2, 0.25) is 10.0 Å². The third kappa shape index (κ3) is 3.87. The molecular formula is C13H10Cl2N2O3S. The summed E-state index contributed by atoms with van der Waals surface area (Å²) >= 11 is 13.1. The lowest BCUT2D eigenvalue weighted by Gasteiger charge is -2.15. The number of nitrogens with one attached hydrogen (secondary N) is 2. The number of carboxylic acids is 1. The Hall–Kier alpha value is -1.76. The summed E-state index contributed by atoms with van der Waals surface area (Å²) in [6, 6.07) is 6.28. The van der Waals surface area contributed by atoms with Crippen molar-refractivity contribution in [1.29, 1.82) is 0 Å². The molecule has 0 aliphatic rings. The van der Waals surface area contributed by atoms with Gasteiger partial charge in [-0.3, -0.25) is 0 Å². The Morgan fingerprint density at radius 3 is 2.33 bits per heavy atom. The predicted molar refractivity (Wildman–Crippen MR) is 83.3 cm³/mol. The molecule has 0 aliphatic heterocycles. The molecule has 1 atom stereocenters. The van der Waals surface area contributed by atoms with Gasteiger partial charge in [-0.25, -0.2) is 9.59 Å². The van der Waals surface area contributed by atoms with E-state index in [9.17, 15) is 14.7 Å². The van der Waals surface area contributed by atoms with E-state index >= 15 is 0 Å². The lowest BCUT2D eigenvalue weighted by Crippen LogP contribution is -2.36. The van der Waals surface area contributed by atoms with Gasteiger partial charge in [0.1, 0.15) is 0 Å². The van der Waals surface area contributed by atoms with Gasteiger partial charge in [-0.05, 0) is 23.6 Å². The molecule has 0 spiro atoms. The molecule has 1 aromatic carbocycles. The third-order valence-electron chi connectivity index (χ3n) is 2.55. The quantitative estimate of drug-likeness (QED) is 0.784. The van der Waals surface area contributed by atoms with Crippen molar-refractivity contribution in [1.82, 2.24) is 5.32 Å². The number of thiophene rings is 1. The Morgan fingerprint density at radius 2 is 1.81 bits per heavy atom. The summed E-state index contributed by atoms with van der Waals surface area (Å²) < 4.78 is 0. The Bertz CT molecular complexity index is 641. The zero-order valence-electron chi connectivity index (χ0n) is 10.5. The van der Waals surface area contributed by atoms with Gasteiger partial charge in [-0.1, -0.05) is 35.3 Å². The van der Waals surface area contributed by atoms with Crippen LogP contribution in [-0.2, 0) is 4.79 Å². The Balaban J connectivity index is 2.12. The van der Waals surface area contributed by atoms with Crippen LogP contribution in [0.5, 0.6) is 0 Å². The number of para-hydroxylation sites is 1. The summed E-state index contributed by atoms with van der Waals surface area (Å²) in [5.41, 5.74) is 0.230. The van der Waals surface area contributed by atoms with E-state index in [-0.39, 0.29) is 15.7 Å². The van der Waals surface area contributed by atoms with E-state index in [0.29, 0.717) is 4.88 Å². The normalized spacial score (nSPS) is 11.7. The number of carbonyl (C=O) groups is 2. The van der Waals surface area contributed by atoms with Crippen LogP contribution in [0.1, 0.15) is 10.9 Å². The minimum Gasteiger partial charge on any atom is -0.479 e. The number of amides is 2. The molecule has 0 saturated carbocycles. The van der Waals surface area contributed by atoms with Gasteiger partial charge in [0.05, 0.1) is 15.7 Å². The summed E-state index contributed by atoms with van der Waals surface area (Å²) in [4.78, 5) is 23.7. The van der Waals surface area contributed by atoms with Crippen molar-refractivity contribution in [2.24, 2.45) is 0 Å². The van der Waals surface area contributed by atoms with Crippen LogP contribution in [-0.4, -0.2) is 17.1 Å². The van der Waals surface area contributed by atoms with Gasteiger partial charge in [-0.2, -0.15) is 0 Å². The maximum absolute atomic E-state index is 11.9. The van der Waals surface area contributed by atoms with E-state index in [4.69, 9.17) is 23.2 Å². The first-order valence-electron chi connectivity index (χ1n) is 5.77. The molecule has 3 N–H and O–H groups in total. The predicted octanol–water partition coefficient (Wildman–Crippen LogP) is 4.00. The molecule has 0 fully saturated rings. The first kappa shape index (κ1) is 15.6. The van der Waals surface area contributed by atoms with Crippen molar-refractivity contribution in [2.45, 2.75) is 6.04 Å². The number of hydrogen-bond donors (Lipinski definition) is 3. The van der Waals surface area contributed by atoms with Crippen LogP contribution in [0.25, 0.3) is 0 Å². The van der Waals surface area contributed by atoms with E-state index in [1.807, 2.05) is 0 Å². The number of rotatable bonds is 4. The Morgan fingerprint density at radius 1 is 1.14 bits per heavy atom. The second kappa shape index (κ2) is 6.80. The van der Waals surface area contributed by atoms with Crippen LogP contribution in [0, 0.1) is 0 Å². The number of halogens is 2. The fraction of sp³-hybridized carbons (Fsp3) is 0.0769. The molecule has 1 unspecified atom stereocenters. The van der Waals surface area contributed by atoms with Crippen molar-refractivity contribution < 1.29 is 14.7 Å². The van der Waals surface area contributed by atoms with Gasteiger partial charge >= 0.3 is 12.0 Å². The molecular weight excluding hydrogens is 335 g/mol. The maximum atomic E-state index is 11.9. The summed E-state index contributed by atoms with van der Waals surface area (Å²) in [7, 11) is 0. The highest BCUT2D eigenvalue weighted by molar-refractivity contribution is 7.10. The van der Waals surface area contributed by atoms with Crippen molar-refractivity contribution in [3.8, 4) is 0 Å². The molecule has 5 nitrogen and oxygen atoms in total. The zero-order chi connectivity index (χ0) is 15.4. The summed E-state index contributed by atoms with van der Waals surface area (Å²) in [5.74, 6) is -1.15. The summed E-state index contributed by atoms with van der Waals surface area (Å²) in [6.07, 6.45) is 0. The standard InChI is InChI=1S/C13H10Cl2N2O3S/c14-7-3-1-4-8(15)10(7)16-13(20)17-11(12(18)19)9-5-2-6-21-9/h1-6,11H,(H,18,19)(H2,16,17,20). The van der Waals surface area contributed by atoms with Gasteiger partial charge in [0, 0.05) is 4.88 Å². The molecule has 1 aromatic heterocycles. The smallest absolute Gasteiger partial charge is 0.331 e. The Labute approximate surface area is 134 Å². The van der Waals surface area contributed by atoms with Gasteiger partial charge in [0.25, 0.3) is 0 Å². The number of aliphatic carboxylic acids is 1. The van der Waals surface area contributed by atoms with Crippen LogP contribution in [0.3, 0.4) is 0 Å². The first-order valence-corrected chi connectivity index (χ1v) is 7.40. The molecule has 0 aliphatic carbocycles. The van der Waals surface area contributed by atoms with Gasteiger partial charge < -0.3 is 15.7 Å². The summed E-state index contributed by atoms with van der Waals surface area (Å²) in [5, 5.41) is 16.3. The number of urea groups is 1. The molecule has 110 valence electrons. The fourth-order valence-electron chi connectivity index (χ4n) is 1.61. The molecule has 2 aromatic rings. The largest absolute Gasteiger partial charge is 0.479 e. The minimum atomic E-state index is -1.15. The van der Waals surface area contributed by atoms with E-state index in [1.54, 1.807) is 35.7 Å². The van der Waals surface area contributed by atoms with Crippen molar-refractivity contribution in [2.75, 3.05) is 5.32 Å². The maximum Gasteiger partial charge on any atom is 0.331 e. The highest BCUT2D eigenvalue weighted by atomic mass is 35.5. The molecule has 2 rings (SSSR count). The van der Waals surface area contributed by atoms with Crippen LogP contribution < -0.4 is 10.6 Å². The highest BCUT2D eigenvalue weighted by Crippen LogP contribution is 2.30. The lowest BCUT2D eigenvalue weighted by molar-refractivity contribution is -0.139. The monoisotopic (exact) mass is 344 g/mol. The van der Waals surface area contributed by atoms with Crippen molar-refractivity contribution in [3.63, 3.8) is 0 Å². The molecule has 0 bridgehead atoms. The molecule has 0 radical (unpaired) electrons. The molecule has 2 amide bonds. The SMILES string of the molecule is O=C(Nc1c(Cl)cccc1Cl)NC(C(=O)O)c1cccs1. The van der Waals surface area contributed by atoms with Crippen LogP contribution in [0.15, 0.2) is 35.7 Å². The number of carboxylic acid groups (broad SMARTS) is 1. The number of anilines is 1. The lowest BCUT2D eigenvalue weighted by atomic mass is 10.2. The average molecular weight is 345 g/mol.